The minimum absolute atomic E-state index is 0.157. The molecule has 10 heteroatoms. The van der Waals surface area contributed by atoms with Crippen molar-refractivity contribution in [2.24, 2.45) is 0 Å². The zero-order valence-corrected chi connectivity index (χ0v) is 19.3. The molecule has 1 amide bonds. The number of esters is 1. The van der Waals surface area contributed by atoms with Gasteiger partial charge in [0.1, 0.15) is 0 Å². The van der Waals surface area contributed by atoms with Crippen LogP contribution in [0.25, 0.3) is 5.69 Å². The van der Waals surface area contributed by atoms with Crippen molar-refractivity contribution in [3.8, 4) is 5.69 Å². The molecule has 2 aromatic heterocycles. The lowest BCUT2D eigenvalue weighted by atomic mass is 10.2. The predicted octanol–water partition coefficient (Wildman–Crippen LogP) is 4.62. The highest BCUT2D eigenvalue weighted by Crippen LogP contribution is 2.27. The summed E-state index contributed by atoms with van der Waals surface area (Å²) in [4.78, 5) is 24.2. The number of benzene rings is 1. The van der Waals surface area contributed by atoms with Crippen molar-refractivity contribution in [3.63, 3.8) is 0 Å². The Morgan fingerprint density at radius 1 is 1.28 bits per heavy atom. The second kappa shape index (κ2) is 9.55. The van der Waals surface area contributed by atoms with E-state index in [0.717, 1.165) is 21.5 Å². The van der Waals surface area contributed by atoms with Crippen molar-refractivity contribution in [1.82, 2.24) is 14.8 Å². The second-order valence-electron chi connectivity index (χ2n) is 6.02. The van der Waals surface area contributed by atoms with Gasteiger partial charge in [-0.3, -0.25) is 14.9 Å². The summed E-state index contributed by atoms with van der Waals surface area (Å²) >= 11 is 5.93. The van der Waals surface area contributed by atoms with Crippen LogP contribution in [0.4, 0.5) is 5.13 Å². The van der Waals surface area contributed by atoms with Crippen LogP contribution in [0.15, 0.2) is 39.1 Å². The largest absolute Gasteiger partial charge is 0.465 e. The number of hydrogen-bond acceptors (Lipinski definition) is 7. The summed E-state index contributed by atoms with van der Waals surface area (Å²) in [7, 11) is 0. The lowest BCUT2D eigenvalue weighted by Crippen LogP contribution is -2.13. The normalized spacial score (nSPS) is 10.8. The van der Waals surface area contributed by atoms with E-state index in [-0.39, 0.29) is 17.6 Å². The van der Waals surface area contributed by atoms with Gasteiger partial charge in [0, 0.05) is 21.5 Å². The minimum Gasteiger partial charge on any atom is -0.465 e. The quantitative estimate of drug-likeness (QED) is 0.293. The van der Waals surface area contributed by atoms with Crippen molar-refractivity contribution in [1.29, 1.82) is 0 Å². The van der Waals surface area contributed by atoms with Gasteiger partial charge in [-0.2, -0.15) is 0 Å². The van der Waals surface area contributed by atoms with Crippen LogP contribution in [0.2, 0.25) is 0 Å². The van der Waals surface area contributed by atoms with E-state index >= 15 is 0 Å². The average molecular weight is 495 g/mol. The first-order chi connectivity index (χ1) is 13.9. The molecule has 3 aromatic rings. The molecule has 0 aliphatic carbocycles. The molecule has 0 spiro atoms. The Hall–Kier alpha value is -2.17. The summed E-state index contributed by atoms with van der Waals surface area (Å²) in [6.07, 6.45) is 0. The topological polar surface area (TPSA) is 86.1 Å². The number of carbonyl (C=O) groups excluding carboxylic acids is 2. The highest BCUT2D eigenvalue weighted by atomic mass is 79.9. The van der Waals surface area contributed by atoms with E-state index in [4.69, 9.17) is 4.74 Å². The molecule has 0 saturated carbocycles. The number of nitrogens with one attached hydrogen (secondary N) is 1. The van der Waals surface area contributed by atoms with Gasteiger partial charge in [-0.1, -0.05) is 45.1 Å². The Bertz CT molecular complexity index is 1050. The standard InChI is InChI=1S/C19H19BrN4O3S2/c1-4-27-16(25)10-28-19-23-22-18(29-19)21-17(26)15-8-11(2)24(12(15)3)14-7-5-6-13(20)9-14/h5-9H,4,10H2,1-3H3,(H,21,22,26). The third-order valence-corrected chi connectivity index (χ3v) is 6.43. The van der Waals surface area contributed by atoms with Crippen LogP contribution in [0.3, 0.4) is 0 Å². The molecule has 0 radical (unpaired) electrons. The first kappa shape index (κ1) is 21.5. The summed E-state index contributed by atoms with van der Waals surface area (Å²) < 4.78 is 8.47. The van der Waals surface area contributed by atoms with Gasteiger partial charge in [-0.15, -0.1) is 10.2 Å². The molecule has 0 unspecified atom stereocenters. The Morgan fingerprint density at radius 3 is 2.79 bits per heavy atom. The predicted molar refractivity (Wildman–Crippen MR) is 118 cm³/mol. The fourth-order valence-corrected chi connectivity index (χ4v) is 4.74. The number of anilines is 1. The minimum atomic E-state index is -0.307. The molecule has 0 saturated heterocycles. The maximum absolute atomic E-state index is 12.8. The van der Waals surface area contributed by atoms with Crippen molar-refractivity contribution in [2.75, 3.05) is 17.7 Å². The lowest BCUT2D eigenvalue weighted by Gasteiger charge is -2.10. The lowest BCUT2D eigenvalue weighted by molar-refractivity contribution is -0.139. The Balaban J connectivity index is 1.72. The van der Waals surface area contributed by atoms with E-state index in [1.54, 1.807) is 6.92 Å². The van der Waals surface area contributed by atoms with E-state index < -0.39 is 0 Å². The zero-order valence-electron chi connectivity index (χ0n) is 16.1. The van der Waals surface area contributed by atoms with Crippen LogP contribution in [0, 0.1) is 13.8 Å². The summed E-state index contributed by atoms with van der Waals surface area (Å²) in [5.41, 5.74) is 3.33. The van der Waals surface area contributed by atoms with E-state index in [2.05, 4.69) is 31.4 Å². The molecule has 0 aliphatic rings. The number of ether oxygens (including phenoxy) is 1. The Kier molecular flexibility index (Phi) is 7.09. The van der Waals surface area contributed by atoms with Gasteiger partial charge in [0.2, 0.25) is 5.13 Å². The highest BCUT2D eigenvalue weighted by molar-refractivity contribution is 9.10. The van der Waals surface area contributed by atoms with Gasteiger partial charge < -0.3 is 9.30 Å². The zero-order chi connectivity index (χ0) is 21.0. The maximum atomic E-state index is 12.8. The van der Waals surface area contributed by atoms with E-state index in [1.165, 1.54) is 23.1 Å². The van der Waals surface area contributed by atoms with Crippen molar-refractivity contribution in [3.05, 3.63) is 51.8 Å². The number of halogens is 1. The summed E-state index contributed by atoms with van der Waals surface area (Å²) in [5.74, 6) is -0.403. The van der Waals surface area contributed by atoms with Gasteiger partial charge >= 0.3 is 5.97 Å². The molecule has 1 aromatic carbocycles. The fraction of sp³-hybridized carbons (Fsp3) is 0.263. The average Bonchev–Trinajstić information content (AvgIpc) is 3.24. The van der Waals surface area contributed by atoms with Crippen LogP contribution in [-0.4, -0.2) is 39.0 Å². The molecule has 0 aliphatic heterocycles. The van der Waals surface area contributed by atoms with Crippen molar-refractivity contribution in [2.45, 2.75) is 25.1 Å². The van der Waals surface area contributed by atoms with Crippen LogP contribution in [0.1, 0.15) is 28.7 Å². The smallest absolute Gasteiger partial charge is 0.316 e. The maximum Gasteiger partial charge on any atom is 0.316 e. The Labute approximate surface area is 185 Å². The number of thioether (sulfide) groups is 1. The molecular formula is C19H19BrN4O3S2. The molecule has 29 heavy (non-hydrogen) atoms. The van der Waals surface area contributed by atoms with Crippen LogP contribution in [0.5, 0.6) is 0 Å². The molecule has 2 heterocycles. The van der Waals surface area contributed by atoms with Crippen molar-refractivity contribution >= 4 is 56.0 Å². The molecule has 0 bridgehead atoms. The monoisotopic (exact) mass is 494 g/mol. The summed E-state index contributed by atoms with van der Waals surface area (Å²) in [5, 5.41) is 11.2. The highest BCUT2D eigenvalue weighted by Gasteiger charge is 2.18. The number of amides is 1. The summed E-state index contributed by atoms with van der Waals surface area (Å²) in [6.45, 7) is 5.97. The van der Waals surface area contributed by atoms with E-state index in [0.29, 0.717) is 21.6 Å². The van der Waals surface area contributed by atoms with Gasteiger partial charge in [-0.25, -0.2) is 0 Å². The molecular weight excluding hydrogens is 476 g/mol. The number of carbonyl (C=O) groups is 2. The van der Waals surface area contributed by atoms with Gasteiger partial charge in [-0.05, 0) is 45.0 Å². The number of hydrogen-bond donors (Lipinski definition) is 1. The number of aryl methyl sites for hydroxylation is 1. The molecule has 7 nitrogen and oxygen atoms in total. The fourth-order valence-electron chi connectivity index (χ4n) is 2.81. The third kappa shape index (κ3) is 5.26. The molecule has 1 N–H and O–H groups in total. The van der Waals surface area contributed by atoms with Crippen LogP contribution >= 0.6 is 39.0 Å². The van der Waals surface area contributed by atoms with Gasteiger partial charge in [0.05, 0.1) is 17.9 Å². The molecule has 0 atom stereocenters. The van der Waals surface area contributed by atoms with Crippen LogP contribution in [-0.2, 0) is 9.53 Å². The molecule has 3 rings (SSSR count). The first-order valence-electron chi connectivity index (χ1n) is 8.77. The number of aromatic nitrogens is 3. The second-order valence-corrected chi connectivity index (χ2v) is 9.14. The van der Waals surface area contributed by atoms with E-state index in [9.17, 15) is 9.59 Å². The SMILES string of the molecule is CCOC(=O)CSc1nnc(NC(=O)c2cc(C)n(-c3cccc(Br)c3)c2C)s1. The first-order valence-corrected chi connectivity index (χ1v) is 11.4. The Morgan fingerprint density at radius 2 is 2.07 bits per heavy atom. The van der Waals surface area contributed by atoms with Gasteiger partial charge in [0.15, 0.2) is 4.34 Å². The summed E-state index contributed by atoms with van der Waals surface area (Å²) in [6, 6.07) is 9.75. The third-order valence-electron chi connectivity index (χ3n) is 3.99. The van der Waals surface area contributed by atoms with Crippen LogP contribution < -0.4 is 5.32 Å². The molecule has 152 valence electrons. The number of nitrogens with zero attached hydrogens (tertiary/aromatic N) is 3. The number of rotatable bonds is 7. The van der Waals surface area contributed by atoms with E-state index in [1.807, 2.05) is 48.7 Å². The van der Waals surface area contributed by atoms with Gasteiger partial charge in [0.25, 0.3) is 5.91 Å². The molecule has 0 fully saturated rings. The van der Waals surface area contributed by atoms with Crippen molar-refractivity contribution < 1.29 is 14.3 Å².